The molecule has 43 heavy (non-hydrogen) atoms. The predicted molar refractivity (Wildman–Crippen MR) is 169 cm³/mol. The van der Waals surface area contributed by atoms with Crippen molar-refractivity contribution in [2.24, 2.45) is 4.99 Å². The summed E-state index contributed by atoms with van der Waals surface area (Å²) in [6.45, 7) is 8.82. The van der Waals surface area contributed by atoms with Crippen LogP contribution in [0.1, 0.15) is 25.2 Å². The van der Waals surface area contributed by atoms with E-state index in [9.17, 15) is 0 Å². The van der Waals surface area contributed by atoms with Crippen LogP contribution in [0.2, 0.25) is 0 Å². The number of rotatable bonds is 6. The molecule has 212 valence electrons. The van der Waals surface area contributed by atoms with Gasteiger partial charge in [0.25, 0.3) is 0 Å². The highest BCUT2D eigenvalue weighted by Crippen LogP contribution is 2.35. The number of nitrogens with one attached hydrogen (secondary N) is 1. The first-order valence-electron chi connectivity index (χ1n) is 14.7. The Kier molecular flexibility index (Phi) is 7.07. The Balaban J connectivity index is 1.14. The molecule has 1 N–H and O–H groups in total. The number of hydrogen-bond donors (Lipinski definition) is 1. The first-order valence-corrected chi connectivity index (χ1v) is 14.7. The predicted octanol–water partition coefficient (Wildman–Crippen LogP) is 4.55. The van der Waals surface area contributed by atoms with Crippen molar-refractivity contribution in [3.05, 3.63) is 90.4 Å². The number of aromatic nitrogens is 4. The summed E-state index contributed by atoms with van der Waals surface area (Å²) < 4.78 is 0. The SMILES string of the molecule is CC(C)[NH+]1C=Nc2cc3nc(-c4ccc(CN5CCN(c6ccnc(C#N)n6)CC5)cc4)c(-c4ccccc4)nc3cc21. The van der Waals surface area contributed by atoms with Gasteiger partial charge >= 0.3 is 0 Å². The van der Waals surface area contributed by atoms with E-state index < -0.39 is 0 Å². The van der Waals surface area contributed by atoms with Crippen molar-refractivity contribution in [3.8, 4) is 28.6 Å². The van der Waals surface area contributed by atoms with Gasteiger partial charge in [-0.2, -0.15) is 10.3 Å². The van der Waals surface area contributed by atoms with Crippen LogP contribution in [-0.2, 0) is 6.54 Å². The number of aliphatic imine (C=N–C) groups is 1. The molecular formula is C34H32N9+. The molecule has 2 aliphatic rings. The molecule has 5 aromatic rings. The maximum absolute atomic E-state index is 9.12. The fraction of sp³-hybridized carbons (Fsp3) is 0.235. The second-order valence-corrected chi connectivity index (χ2v) is 11.3. The van der Waals surface area contributed by atoms with Crippen LogP contribution in [0.25, 0.3) is 33.5 Å². The van der Waals surface area contributed by atoms with E-state index in [2.05, 4.69) is 87.1 Å². The van der Waals surface area contributed by atoms with Crippen LogP contribution in [0.4, 0.5) is 17.2 Å². The lowest BCUT2D eigenvalue weighted by atomic mass is 10.0. The number of hydrogen-bond acceptors (Lipinski definition) is 8. The van der Waals surface area contributed by atoms with Crippen molar-refractivity contribution >= 4 is 34.6 Å². The van der Waals surface area contributed by atoms with Crippen LogP contribution < -0.4 is 9.80 Å². The molecule has 1 saturated heterocycles. The van der Waals surface area contributed by atoms with Crippen LogP contribution in [0.3, 0.4) is 0 Å². The molecule has 2 aliphatic heterocycles. The Bertz CT molecular complexity index is 1850. The lowest BCUT2D eigenvalue weighted by molar-refractivity contribution is -0.747. The molecule has 0 amide bonds. The molecule has 1 fully saturated rings. The first kappa shape index (κ1) is 26.8. The van der Waals surface area contributed by atoms with Gasteiger partial charge < -0.3 is 4.90 Å². The summed E-state index contributed by atoms with van der Waals surface area (Å²) in [5.41, 5.74) is 8.94. The smallest absolute Gasteiger partial charge is 0.234 e. The summed E-state index contributed by atoms with van der Waals surface area (Å²) in [5.74, 6) is 1.03. The zero-order valence-corrected chi connectivity index (χ0v) is 24.3. The van der Waals surface area contributed by atoms with Gasteiger partial charge in [0.15, 0.2) is 12.0 Å². The van der Waals surface area contributed by atoms with Crippen molar-refractivity contribution in [1.82, 2.24) is 24.8 Å². The van der Waals surface area contributed by atoms with Gasteiger partial charge in [-0.1, -0.05) is 54.6 Å². The van der Waals surface area contributed by atoms with E-state index in [1.807, 2.05) is 36.7 Å². The highest BCUT2D eigenvalue weighted by atomic mass is 15.3. The van der Waals surface area contributed by atoms with E-state index in [-0.39, 0.29) is 5.82 Å². The van der Waals surface area contributed by atoms with Gasteiger partial charge in [-0.25, -0.2) is 19.9 Å². The number of nitrogens with zero attached hydrogens (tertiary/aromatic N) is 8. The second-order valence-electron chi connectivity index (χ2n) is 11.3. The Hall–Kier alpha value is -5.04. The van der Waals surface area contributed by atoms with Gasteiger partial charge in [0.05, 0.1) is 28.5 Å². The fourth-order valence-electron chi connectivity index (χ4n) is 5.84. The minimum Gasteiger partial charge on any atom is -0.354 e. The summed E-state index contributed by atoms with van der Waals surface area (Å²) in [6.07, 6.45) is 3.63. The number of quaternary nitrogens is 1. The van der Waals surface area contributed by atoms with Gasteiger partial charge in [0.1, 0.15) is 17.6 Å². The molecule has 1 atom stereocenters. The largest absolute Gasteiger partial charge is 0.354 e. The first-order chi connectivity index (χ1) is 21.1. The van der Waals surface area contributed by atoms with Crippen molar-refractivity contribution in [1.29, 1.82) is 5.26 Å². The Morgan fingerprint density at radius 1 is 0.837 bits per heavy atom. The van der Waals surface area contributed by atoms with Crippen molar-refractivity contribution in [2.75, 3.05) is 31.1 Å². The van der Waals surface area contributed by atoms with Gasteiger partial charge in [0, 0.05) is 56.1 Å². The molecule has 0 aliphatic carbocycles. The monoisotopic (exact) mass is 566 g/mol. The van der Waals surface area contributed by atoms with E-state index in [0.717, 1.165) is 83.5 Å². The van der Waals surface area contributed by atoms with Crippen LogP contribution >= 0.6 is 0 Å². The van der Waals surface area contributed by atoms with E-state index in [4.69, 9.17) is 15.2 Å². The second kappa shape index (κ2) is 11.3. The summed E-state index contributed by atoms with van der Waals surface area (Å²) in [4.78, 5) is 29.3. The third kappa shape index (κ3) is 5.34. The number of anilines is 1. The van der Waals surface area contributed by atoms with E-state index in [0.29, 0.717) is 6.04 Å². The third-order valence-electron chi connectivity index (χ3n) is 8.18. The zero-order chi connectivity index (χ0) is 29.3. The number of piperazine rings is 1. The maximum Gasteiger partial charge on any atom is 0.234 e. The third-order valence-corrected chi connectivity index (χ3v) is 8.18. The standard InChI is InChI=1S/C34H31N9/c1-23(2)43-22-37-29-18-27-28(19-30(29)43)39-33(25-6-4-3-5-7-25)34(38-27)26-10-8-24(9-11-26)21-41-14-16-42(17-15-41)32-12-13-36-31(20-35)40-32/h3-13,18-19,22-23H,14-17,21H2,1-2H3/p+1. The molecule has 9 nitrogen and oxygen atoms in total. The summed E-state index contributed by atoms with van der Waals surface area (Å²) in [5, 5.41) is 9.12. The highest BCUT2D eigenvalue weighted by Gasteiger charge is 2.26. The summed E-state index contributed by atoms with van der Waals surface area (Å²) in [6, 6.07) is 27.5. The maximum atomic E-state index is 9.12. The fourth-order valence-corrected chi connectivity index (χ4v) is 5.84. The average molecular weight is 567 g/mol. The molecule has 0 radical (unpaired) electrons. The Morgan fingerprint density at radius 2 is 1.53 bits per heavy atom. The van der Waals surface area contributed by atoms with Crippen molar-refractivity contribution in [3.63, 3.8) is 0 Å². The molecule has 4 heterocycles. The molecule has 0 spiro atoms. The molecule has 3 aromatic carbocycles. The van der Waals surface area contributed by atoms with Gasteiger partial charge in [-0.05, 0) is 31.5 Å². The highest BCUT2D eigenvalue weighted by molar-refractivity contribution is 5.91. The van der Waals surface area contributed by atoms with Crippen LogP contribution in [0.15, 0.2) is 84.0 Å². The molecule has 9 heteroatoms. The lowest BCUT2D eigenvalue weighted by Crippen LogP contribution is -3.08. The van der Waals surface area contributed by atoms with E-state index in [1.54, 1.807) is 6.20 Å². The average Bonchev–Trinajstić information content (AvgIpc) is 3.47. The van der Waals surface area contributed by atoms with Crippen molar-refractivity contribution in [2.45, 2.75) is 26.4 Å². The minimum atomic E-state index is 0.211. The molecule has 7 rings (SSSR count). The quantitative estimate of drug-likeness (QED) is 0.322. The minimum absolute atomic E-state index is 0.211. The molecule has 2 aromatic heterocycles. The van der Waals surface area contributed by atoms with Gasteiger partial charge in [-0.3, -0.25) is 9.80 Å². The Labute approximate surface area is 250 Å². The summed E-state index contributed by atoms with van der Waals surface area (Å²) in [7, 11) is 0. The van der Waals surface area contributed by atoms with Crippen LogP contribution in [0, 0.1) is 11.3 Å². The zero-order valence-electron chi connectivity index (χ0n) is 24.3. The van der Waals surface area contributed by atoms with E-state index >= 15 is 0 Å². The summed E-state index contributed by atoms with van der Waals surface area (Å²) >= 11 is 0. The molecule has 0 bridgehead atoms. The van der Waals surface area contributed by atoms with Crippen molar-refractivity contribution < 1.29 is 4.90 Å². The number of fused-ring (bicyclic) bond motifs is 2. The van der Waals surface area contributed by atoms with Gasteiger partial charge in [0.2, 0.25) is 5.82 Å². The molecular weight excluding hydrogens is 534 g/mol. The number of nitriles is 1. The molecule has 1 unspecified atom stereocenters. The van der Waals surface area contributed by atoms with Crippen LogP contribution in [-0.4, -0.2) is 63.4 Å². The normalized spacial score (nSPS) is 16.5. The van der Waals surface area contributed by atoms with Crippen LogP contribution in [0.5, 0.6) is 0 Å². The number of benzene rings is 3. The topological polar surface area (TPSA) is 98.6 Å². The Morgan fingerprint density at radius 3 is 2.23 bits per heavy atom. The van der Waals surface area contributed by atoms with Gasteiger partial charge in [-0.15, -0.1) is 0 Å². The van der Waals surface area contributed by atoms with E-state index in [1.165, 1.54) is 10.5 Å². The lowest BCUT2D eigenvalue weighted by Gasteiger charge is -2.35. The molecule has 0 saturated carbocycles.